The summed E-state index contributed by atoms with van der Waals surface area (Å²) < 4.78 is 21.1. The second kappa shape index (κ2) is 7.22. The molecule has 1 aromatic rings. The van der Waals surface area contributed by atoms with Gasteiger partial charge in [-0.15, -0.1) is 0 Å². The smallest absolute Gasteiger partial charge is 0.335 e. The molecule has 0 amide bonds. The number of aliphatic hydroxyl groups is 3. The number of ether oxygens (including phenoxy) is 4. The maximum absolute atomic E-state index is 11.1. The molecule has 9 heteroatoms. The van der Waals surface area contributed by atoms with Crippen molar-refractivity contribution in [2.75, 3.05) is 14.2 Å². The van der Waals surface area contributed by atoms with Crippen LogP contribution in [0.3, 0.4) is 0 Å². The molecular formula is C15H20O9. The number of rotatable bonds is 5. The van der Waals surface area contributed by atoms with Gasteiger partial charge in [0.05, 0.1) is 25.9 Å². The molecule has 5 atom stereocenters. The molecule has 0 radical (unpaired) electrons. The quantitative estimate of drug-likeness (QED) is 0.563. The highest BCUT2D eigenvalue weighted by Gasteiger charge is 2.43. The van der Waals surface area contributed by atoms with Gasteiger partial charge in [0.25, 0.3) is 0 Å². The molecule has 4 N–H and O–H groups in total. The van der Waals surface area contributed by atoms with Gasteiger partial charge >= 0.3 is 5.97 Å². The van der Waals surface area contributed by atoms with Gasteiger partial charge in [0.2, 0.25) is 12.0 Å². The lowest BCUT2D eigenvalue weighted by Crippen LogP contribution is -2.58. The van der Waals surface area contributed by atoms with Crippen LogP contribution in [0.4, 0.5) is 0 Å². The van der Waals surface area contributed by atoms with Crippen LogP contribution in [-0.4, -0.2) is 71.3 Å². The van der Waals surface area contributed by atoms with Gasteiger partial charge in [-0.3, -0.25) is 0 Å². The molecule has 1 aromatic carbocycles. The highest BCUT2D eigenvalue weighted by molar-refractivity contribution is 5.89. The second-order valence-corrected chi connectivity index (χ2v) is 5.31. The first-order valence-electron chi connectivity index (χ1n) is 7.15. The normalized spacial score (nSPS) is 29.8. The van der Waals surface area contributed by atoms with Gasteiger partial charge in [-0.05, 0) is 19.1 Å². The van der Waals surface area contributed by atoms with Crippen molar-refractivity contribution in [3.05, 3.63) is 17.7 Å². The predicted octanol–water partition coefficient (Wildman–Crippen LogP) is -0.392. The molecule has 1 aliphatic rings. The molecule has 0 saturated carbocycles. The third kappa shape index (κ3) is 3.39. The van der Waals surface area contributed by atoms with Crippen LogP contribution in [0, 0.1) is 0 Å². The second-order valence-electron chi connectivity index (χ2n) is 5.31. The highest BCUT2D eigenvalue weighted by atomic mass is 16.7. The van der Waals surface area contributed by atoms with Crippen molar-refractivity contribution in [1.82, 2.24) is 0 Å². The maximum atomic E-state index is 11.1. The van der Waals surface area contributed by atoms with Crippen LogP contribution in [0.25, 0.3) is 0 Å². The zero-order valence-corrected chi connectivity index (χ0v) is 13.4. The fourth-order valence-corrected chi connectivity index (χ4v) is 2.35. The molecule has 1 aliphatic heterocycles. The SMILES string of the molecule is COc1cc(C(=O)O)cc(OC)c1O[C@@H]1O[C@@H](C)[C@H](O)[C@@H](O)[C@H]1O. The van der Waals surface area contributed by atoms with E-state index in [9.17, 15) is 20.1 Å². The lowest BCUT2D eigenvalue weighted by molar-refractivity contribution is -0.268. The van der Waals surface area contributed by atoms with Crippen LogP contribution in [0.15, 0.2) is 12.1 Å². The zero-order valence-electron chi connectivity index (χ0n) is 13.4. The van der Waals surface area contributed by atoms with Gasteiger partial charge in [-0.2, -0.15) is 0 Å². The van der Waals surface area contributed by atoms with Crippen molar-refractivity contribution in [3.63, 3.8) is 0 Å². The van der Waals surface area contributed by atoms with Crippen molar-refractivity contribution >= 4 is 5.97 Å². The molecule has 24 heavy (non-hydrogen) atoms. The molecule has 0 aliphatic carbocycles. The topological polar surface area (TPSA) is 135 Å². The Balaban J connectivity index is 2.36. The third-order valence-corrected chi connectivity index (χ3v) is 3.75. The Labute approximate surface area is 138 Å². The summed E-state index contributed by atoms with van der Waals surface area (Å²) in [7, 11) is 2.62. The molecule has 2 rings (SSSR count). The van der Waals surface area contributed by atoms with E-state index in [1.54, 1.807) is 0 Å². The van der Waals surface area contributed by atoms with Crippen molar-refractivity contribution in [3.8, 4) is 17.2 Å². The summed E-state index contributed by atoms with van der Waals surface area (Å²) in [6.07, 6.45) is -6.35. The molecular weight excluding hydrogens is 324 g/mol. The van der Waals surface area contributed by atoms with Crippen LogP contribution < -0.4 is 14.2 Å². The third-order valence-electron chi connectivity index (χ3n) is 3.75. The fraction of sp³-hybridized carbons (Fsp3) is 0.533. The number of carboxylic acid groups (broad SMARTS) is 1. The molecule has 1 heterocycles. The van der Waals surface area contributed by atoms with Gasteiger partial charge in [0, 0.05) is 0 Å². The summed E-state index contributed by atoms with van der Waals surface area (Å²) in [5, 5.41) is 38.7. The number of hydrogen-bond acceptors (Lipinski definition) is 8. The highest BCUT2D eigenvalue weighted by Crippen LogP contribution is 2.40. The molecule has 134 valence electrons. The molecule has 0 aromatic heterocycles. The van der Waals surface area contributed by atoms with Gasteiger partial charge < -0.3 is 39.4 Å². The first-order chi connectivity index (χ1) is 11.3. The lowest BCUT2D eigenvalue weighted by Gasteiger charge is -2.39. The summed E-state index contributed by atoms with van der Waals surface area (Å²) in [5.41, 5.74) is -0.0787. The Bertz CT molecular complexity index is 578. The average molecular weight is 344 g/mol. The Morgan fingerprint density at radius 3 is 2.04 bits per heavy atom. The van der Waals surface area contributed by atoms with E-state index in [1.165, 1.54) is 33.3 Å². The van der Waals surface area contributed by atoms with Crippen molar-refractivity contribution in [2.24, 2.45) is 0 Å². The minimum Gasteiger partial charge on any atom is -0.493 e. The number of benzene rings is 1. The standard InChI is InChI=1S/C15H20O9/c1-6-10(16)11(17)12(18)15(23-6)24-13-8(21-2)4-7(14(19)20)5-9(13)22-3/h4-6,10-12,15-18H,1-3H3,(H,19,20)/t6-,10-,11+,12+,15-/m0/s1. The van der Waals surface area contributed by atoms with E-state index in [1.807, 2.05) is 0 Å². The fourth-order valence-electron chi connectivity index (χ4n) is 2.35. The van der Waals surface area contributed by atoms with E-state index in [4.69, 9.17) is 24.1 Å². The first-order valence-corrected chi connectivity index (χ1v) is 7.15. The minimum atomic E-state index is -1.52. The summed E-state index contributed by atoms with van der Waals surface area (Å²) >= 11 is 0. The number of aromatic carboxylic acids is 1. The predicted molar refractivity (Wildman–Crippen MR) is 79.5 cm³/mol. The zero-order chi connectivity index (χ0) is 18.0. The Kier molecular flexibility index (Phi) is 5.50. The minimum absolute atomic E-state index is 0.00448. The largest absolute Gasteiger partial charge is 0.493 e. The molecule has 0 unspecified atom stereocenters. The summed E-state index contributed by atoms with van der Waals surface area (Å²) in [6, 6.07) is 2.45. The first kappa shape index (κ1) is 18.3. The number of carbonyl (C=O) groups is 1. The summed E-state index contributed by atoms with van der Waals surface area (Å²) in [4.78, 5) is 11.1. The van der Waals surface area contributed by atoms with E-state index in [0.29, 0.717) is 0 Å². The van der Waals surface area contributed by atoms with E-state index in [-0.39, 0.29) is 22.8 Å². The number of aliphatic hydroxyl groups excluding tert-OH is 3. The van der Waals surface area contributed by atoms with Crippen LogP contribution in [0.2, 0.25) is 0 Å². The van der Waals surface area contributed by atoms with E-state index < -0.39 is 36.7 Å². The average Bonchev–Trinajstić information content (AvgIpc) is 2.57. The Morgan fingerprint density at radius 1 is 1.04 bits per heavy atom. The van der Waals surface area contributed by atoms with Gasteiger partial charge in [0.1, 0.15) is 18.3 Å². The van der Waals surface area contributed by atoms with E-state index in [0.717, 1.165) is 0 Å². The van der Waals surface area contributed by atoms with Crippen molar-refractivity contribution in [1.29, 1.82) is 0 Å². The number of carboxylic acids is 1. The van der Waals surface area contributed by atoms with Crippen LogP contribution in [0.1, 0.15) is 17.3 Å². The summed E-state index contributed by atoms with van der Waals surface area (Å²) in [5.74, 6) is -1.07. The monoisotopic (exact) mass is 344 g/mol. The van der Waals surface area contributed by atoms with Crippen LogP contribution >= 0.6 is 0 Å². The molecule has 0 spiro atoms. The van der Waals surface area contributed by atoms with Crippen molar-refractivity contribution in [2.45, 2.75) is 37.6 Å². The molecule has 9 nitrogen and oxygen atoms in total. The Morgan fingerprint density at radius 2 is 1.58 bits per heavy atom. The molecule has 1 saturated heterocycles. The van der Waals surface area contributed by atoms with Crippen molar-refractivity contribution < 1.29 is 44.2 Å². The maximum Gasteiger partial charge on any atom is 0.335 e. The van der Waals surface area contributed by atoms with Gasteiger partial charge in [-0.25, -0.2) is 4.79 Å². The number of methoxy groups -OCH3 is 2. The lowest BCUT2D eigenvalue weighted by atomic mass is 10.00. The molecule has 1 fully saturated rings. The van der Waals surface area contributed by atoms with Crippen LogP contribution in [-0.2, 0) is 4.74 Å². The molecule has 0 bridgehead atoms. The Hall–Kier alpha value is -2.07. The van der Waals surface area contributed by atoms with E-state index >= 15 is 0 Å². The van der Waals surface area contributed by atoms with Gasteiger partial charge in [-0.1, -0.05) is 0 Å². The van der Waals surface area contributed by atoms with E-state index in [2.05, 4.69) is 0 Å². The number of hydrogen-bond donors (Lipinski definition) is 4. The summed E-state index contributed by atoms with van der Waals surface area (Å²) in [6.45, 7) is 1.51. The van der Waals surface area contributed by atoms with Gasteiger partial charge in [0.15, 0.2) is 11.5 Å². The van der Waals surface area contributed by atoms with Crippen LogP contribution in [0.5, 0.6) is 17.2 Å².